The predicted octanol–water partition coefficient (Wildman–Crippen LogP) is 5.61. The number of rotatable bonds is 14. The first-order valence-corrected chi connectivity index (χ1v) is 16.4. The number of benzene rings is 4. The van der Waals surface area contributed by atoms with E-state index in [9.17, 15) is 18.0 Å². The number of amides is 2. The molecule has 0 spiro atoms. The monoisotopic (exact) mass is 627 g/mol. The summed E-state index contributed by atoms with van der Waals surface area (Å²) in [5.74, 6) is -0.326. The van der Waals surface area contributed by atoms with E-state index in [1.807, 2.05) is 87.5 Å². The number of ether oxygens (including phenoxy) is 1. The quantitative estimate of drug-likeness (QED) is 0.196. The van der Waals surface area contributed by atoms with Gasteiger partial charge in [0.2, 0.25) is 11.8 Å². The van der Waals surface area contributed by atoms with E-state index < -0.39 is 28.5 Å². The van der Waals surface area contributed by atoms with Gasteiger partial charge in [-0.2, -0.15) is 0 Å². The maximum Gasteiger partial charge on any atom is 0.264 e. The van der Waals surface area contributed by atoms with E-state index >= 15 is 0 Å². The Labute approximate surface area is 266 Å². The van der Waals surface area contributed by atoms with Crippen LogP contribution in [-0.4, -0.2) is 51.4 Å². The minimum Gasteiger partial charge on any atom is -0.495 e. The van der Waals surface area contributed by atoms with E-state index in [1.165, 1.54) is 24.1 Å². The maximum absolute atomic E-state index is 14.6. The summed E-state index contributed by atoms with van der Waals surface area (Å²) in [4.78, 5) is 29.9. The van der Waals surface area contributed by atoms with Crippen molar-refractivity contribution in [3.05, 3.63) is 126 Å². The average molecular weight is 628 g/mol. The number of sulfonamides is 1. The fourth-order valence-electron chi connectivity index (χ4n) is 4.98. The van der Waals surface area contributed by atoms with Gasteiger partial charge in [-0.05, 0) is 53.8 Å². The molecule has 9 heteroatoms. The molecule has 0 bridgehead atoms. The number of aryl methyl sites for hydroxylation is 1. The smallest absolute Gasteiger partial charge is 0.264 e. The second kappa shape index (κ2) is 15.4. The molecule has 2 amide bonds. The zero-order valence-corrected chi connectivity index (χ0v) is 27.0. The molecule has 0 saturated carbocycles. The molecule has 0 unspecified atom stereocenters. The summed E-state index contributed by atoms with van der Waals surface area (Å²) < 4.78 is 35.1. The number of anilines is 1. The van der Waals surface area contributed by atoms with Crippen LogP contribution in [0.3, 0.4) is 0 Å². The number of methoxy groups -OCH3 is 1. The highest BCUT2D eigenvalue weighted by molar-refractivity contribution is 7.92. The molecule has 0 aliphatic rings. The van der Waals surface area contributed by atoms with Gasteiger partial charge in [-0.1, -0.05) is 98.8 Å². The Kier molecular flexibility index (Phi) is 11.4. The summed E-state index contributed by atoms with van der Waals surface area (Å²) in [6.07, 6.45) is 0.253. The van der Waals surface area contributed by atoms with E-state index in [1.54, 1.807) is 30.3 Å². The molecule has 0 aliphatic carbocycles. The van der Waals surface area contributed by atoms with Gasteiger partial charge >= 0.3 is 0 Å². The van der Waals surface area contributed by atoms with Gasteiger partial charge in [-0.25, -0.2) is 8.42 Å². The van der Waals surface area contributed by atoms with Crippen molar-refractivity contribution in [1.29, 1.82) is 0 Å². The SMILES string of the molecule is COc1ccc(C)cc1N(CC(=O)N(Cc1ccccc1)[C@H](Cc1ccccc1)C(=O)NCC(C)C)S(=O)(=O)c1ccccc1. The topological polar surface area (TPSA) is 96.0 Å². The summed E-state index contributed by atoms with van der Waals surface area (Å²) >= 11 is 0. The van der Waals surface area contributed by atoms with Gasteiger partial charge in [0.1, 0.15) is 18.3 Å². The zero-order valence-electron chi connectivity index (χ0n) is 26.2. The molecule has 0 radical (unpaired) electrons. The van der Waals surface area contributed by atoms with Crippen LogP contribution >= 0.6 is 0 Å². The van der Waals surface area contributed by atoms with Gasteiger partial charge in [-0.15, -0.1) is 0 Å². The van der Waals surface area contributed by atoms with Crippen LogP contribution in [0.5, 0.6) is 5.75 Å². The molecule has 1 N–H and O–H groups in total. The standard InChI is InChI=1S/C36H41N3O5S/c1-27(2)24-37-36(41)33(23-29-14-8-5-9-15-29)38(25-30-16-10-6-11-17-30)35(40)26-39(32-22-28(3)20-21-34(32)44-4)45(42,43)31-18-12-7-13-19-31/h5-22,27,33H,23-26H2,1-4H3,(H,37,41)/t33-/m1/s1. The normalized spacial score (nSPS) is 11.9. The molecule has 8 nitrogen and oxygen atoms in total. The van der Waals surface area contributed by atoms with E-state index in [-0.39, 0.29) is 35.4 Å². The van der Waals surface area contributed by atoms with Crippen LogP contribution in [0.2, 0.25) is 0 Å². The zero-order chi connectivity index (χ0) is 32.4. The van der Waals surface area contributed by atoms with Crippen molar-refractivity contribution in [2.75, 3.05) is 24.5 Å². The second-order valence-electron chi connectivity index (χ2n) is 11.4. The van der Waals surface area contributed by atoms with Gasteiger partial charge in [-0.3, -0.25) is 13.9 Å². The first-order valence-electron chi connectivity index (χ1n) is 15.0. The number of hydrogen-bond donors (Lipinski definition) is 1. The fraction of sp³-hybridized carbons (Fsp3) is 0.278. The number of carbonyl (C=O) groups excluding carboxylic acids is 2. The van der Waals surface area contributed by atoms with Crippen LogP contribution in [0, 0.1) is 12.8 Å². The molecule has 236 valence electrons. The lowest BCUT2D eigenvalue weighted by Crippen LogP contribution is -2.53. The number of nitrogens with one attached hydrogen (secondary N) is 1. The predicted molar refractivity (Wildman–Crippen MR) is 177 cm³/mol. The lowest BCUT2D eigenvalue weighted by atomic mass is 10.0. The molecular weight excluding hydrogens is 586 g/mol. The summed E-state index contributed by atoms with van der Waals surface area (Å²) in [6.45, 7) is 5.84. The Bertz CT molecular complexity index is 1660. The molecule has 1 atom stereocenters. The minimum absolute atomic E-state index is 0.0338. The molecule has 0 saturated heterocycles. The van der Waals surface area contributed by atoms with Crippen LogP contribution in [0.25, 0.3) is 0 Å². The van der Waals surface area contributed by atoms with Gasteiger partial charge in [0.05, 0.1) is 17.7 Å². The minimum atomic E-state index is -4.23. The van der Waals surface area contributed by atoms with Crippen molar-refractivity contribution >= 4 is 27.5 Å². The molecule has 0 aromatic heterocycles. The average Bonchev–Trinajstić information content (AvgIpc) is 3.05. The van der Waals surface area contributed by atoms with Crippen molar-refractivity contribution < 1.29 is 22.7 Å². The third kappa shape index (κ3) is 8.73. The molecule has 4 aromatic carbocycles. The summed E-state index contributed by atoms with van der Waals surface area (Å²) in [5.41, 5.74) is 2.72. The molecule has 4 rings (SSSR count). The van der Waals surface area contributed by atoms with Crippen LogP contribution in [-0.2, 0) is 32.6 Å². The highest BCUT2D eigenvalue weighted by Crippen LogP contribution is 2.34. The largest absolute Gasteiger partial charge is 0.495 e. The van der Waals surface area contributed by atoms with Crippen LogP contribution in [0.15, 0.2) is 114 Å². The van der Waals surface area contributed by atoms with Crippen molar-refractivity contribution in [3.63, 3.8) is 0 Å². The van der Waals surface area contributed by atoms with Crippen molar-refractivity contribution in [2.24, 2.45) is 5.92 Å². The van der Waals surface area contributed by atoms with Crippen molar-refractivity contribution in [1.82, 2.24) is 10.2 Å². The Morgan fingerprint density at radius 2 is 1.40 bits per heavy atom. The van der Waals surface area contributed by atoms with Gasteiger partial charge in [0, 0.05) is 19.5 Å². The summed E-state index contributed by atoms with van der Waals surface area (Å²) in [5, 5.41) is 3.01. The van der Waals surface area contributed by atoms with Crippen molar-refractivity contribution in [2.45, 2.75) is 44.7 Å². The lowest BCUT2D eigenvalue weighted by Gasteiger charge is -2.34. The third-order valence-electron chi connectivity index (χ3n) is 7.36. The molecule has 0 fully saturated rings. The Morgan fingerprint density at radius 1 is 0.822 bits per heavy atom. The highest BCUT2D eigenvalue weighted by atomic mass is 32.2. The maximum atomic E-state index is 14.6. The second-order valence-corrected chi connectivity index (χ2v) is 13.2. The highest BCUT2D eigenvalue weighted by Gasteiger charge is 2.35. The fourth-order valence-corrected chi connectivity index (χ4v) is 6.42. The summed E-state index contributed by atoms with van der Waals surface area (Å²) in [7, 11) is -2.77. The van der Waals surface area contributed by atoms with E-state index in [2.05, 4.69) is 5.32 Å². The van der Waals surface area contributed by atoms with E-state index in [4.69, 9.17) is 4.74 Å². The van der Waals surface area contributed by atoms with Gasteiger partial charge in [0.25, 0.3) is 10.0 Å². The number of carbonyl (C=O) groups is 2. The van der Waals surface area contributed by atoms with E-state index in [0.717, 1.165) is 21.0 Å². The lowest BCUT2D eigenvalue weighted by molar-refractivity contribution is -0.140. The molecule has 45 heavy (non-hydrogen) atoms. The Balaban J connectivity index is 1.82. The first kappa shape index (κ1) is 33.3. The van der Waals surface area contributed by atoms with Crippen LogP contribution < -0.4 is 14.4 Å². The first-order chi connectivity index (χ1) is 21.6. The number of nitrogens with zero attached hydrogens (tertiary/aromatic N) is 2. The Hall–Kier alpha value is -4.63. The van der Waals surface area contributed by atoms with Crippen LogP contribution in [0.4, 0.5) is 5.69 Å². The van der Waals surface area contributed by atoms with Crippen molar-refractivity contribution in [3.8, 4) is 5.75 Å². The molecule has 0 aliphatic heterocycles. The van der Waals surface area contributed by atoms with Gasteiger partial charge < -0.3 is 15.0 Å². The Morgan fingerprint density at radius 3 is 1.98 bits per heavy atom. The number of hydrogen-bond acceptors (Lipinski definition) is 5. The molecule has 4 aromatic rings. The molecule has 0 heterocycles. The van der Waals surface area contributed by atoms with Crippen LogP contribution in [0.1, 0.15) is 30.5 Å². The third-order valence-corrected chi connectivity index (χ3v) is 9.14. The molecular formula is C36H41N3O5S. The van der Waals surface area contributed by atoms with E-state index in [0.29, 0.717) is 12.3 Å². The summed E-state index contributed by atoms with van der Waals surface area (Å²) in [6, 6.07) is 31.2. The van der Waals surface area contributed by atoms with Gasteiger partial charge in [0.15, 0.2) is 0 Å².